The van der Waals surface area contributed by atoms with Crippen LogP contribution in [0.2, 0.25) is 0 Å². The van der Waals surface area contributed by atoms with Crippen LogP contribution in [0.1, 0.15) is 25.7 Å². The molecule has 0 bridgehead atoms. The summed E-state index contributed by atoms with van der Waals surface area (Å²) in [6.45, 7) is -0.0111. The summed E-state index contributed by atoms with van der Waals surface area (Å²) in [6, 6.07) is -0.237. The van der Waals surface area contributed by atoms with Gasteiger partial charge in [0.2, 0.25) is 5.91 Å². The third-order valence-electron chi connectivity index (χ3n) is 2.70. The molecule has 0 radical (unpaired) electrons. The van der Waals surface area contributed by atoms with E-state index in [-0.39, 0.29) is 18.6 Å². The van der Waals surface area contributed by atoms with Crippen LogP contribution in [0, 0.1) is 5.92 Å². The largest absolute Gasteiger partial charge is 0.481 e. The molecule has 2 N–H and O–H groups in total. The Bertz CT molecular complexity index is 242. The van der Waals surface area contributed by atoms with Crippen molar-refractivity contribution in [2.75, 3.05) is 13.7 Å². The summed E-state index contributed by atoms with van der Waals surface area (Å²) in [5.74, 6) is -1.51. The van der Waals surface area contributed by atoms with E-state index in [2.05, 4.69) is 10.1 Å². The molecule has 5 nitrogen and oxygen atoms in total. The number of methoxy groups -OCH3 is 1. The molecule has 0 aromatic heterocycles. The second-order valence-electron chi connectivity index (χ2n) is 3.84. The highest BCUT2D eigenvalue weighted by atomic mass is 16.5. The Morgan fingerprint density at radius 2 is 2.07 bits per heavy atom. The van der Waals surface area contributed by atoms with Gasteiger partial charge >= 0.3 is 5.97 Å². The second kappa shape index (κ2) is 5.70. The van der Waals surface area contributed by atoms with Crippen LogP contribution in [0.4, 0.5) is 0 Å². The van der Waals surface area contributed by atoms with Crippen molar-refractivity contribution in [1.82, 2.24) is 5.32 Å². The van der Waals surface area contributed by atoms with E-state index in [0.29, 0.717) is 6.42 Å². The van der Waals surface area contributed by atoms with Crippen molar-refractivity contribution in [2.45, 2.75) is 31.7 Å². The fourth-order valence-electron chi connectivity index (χ4n) is 1.98. The van der Waals surface area contributed by atoms with Crippen LogP contribution in [0.3, 0.4) is 0 Å². The average Bonchev–Trinajstić information content (AvgIpc) is 2.18. The van der Waals surface area contributed by atoms with Crippen LogP contribution in [0.5, 0.6) is 0 Å². The molecule has 1 rings (SSSR count). The minimum Gasteiger partial charge on any atom is -0.481 e. The minimum absolute atomic E-state index is 0.0111. The zero-order valence-corrected chi connectivity index (χ0v) is 8.86. The molecular formula is C10H17NO4. The fraction of sp³-hybridized carbons (Fsp3) is 0.800. The van der Waals surface area contributed by atoms with E-state index < -0.39 is 11.9 Å². The minimum atomic E-state index is -0.822. The number of hydrogen-bond acceptors (Lipinski definition) is 3. The zero-order chi connectivity index (χ0) is 11.3. The smallest absolute Gasteiger partial charge is 0.308 e. The summed E-state index contributed by atoms with van der Waals surface area (Å²) in [5, 5.41) is 11.7. The van der Waals surface area contributed by atoms with Crippen molar-refractivity contribution >= 4 is 11.9 Å². The first kappa shape index (κ1) is 12.0. The number of carboxylic acids is 1. The molecule has 0 saturated heterocycles. The molecule has 0 aromatic rings. The van der Waals surface area contributed by atoms with Crippen molar-refractivity contribution in [3.8, 4) is 0 Å². The third-order valence-corrected chi connectivity index (χ3v) is 2.70. The second-order valence-corrected chi connectivity index (χ2v) is 3.84. The molecule has 0 aliphatic heterocycles. The Balaban J connectivity index is 2.49. The van der Waals surface area contributed by atoms with Crippen LogP contribution >= 0.6 is 0 Å². The van der Waals surface area contributed by atoms with Gasteiger partial charge in [-0.2, -0.15) is 0 Å². The highest BCUT2D eigenvalue weighted by molar-refractivity contribution is 5.79. The van der Waals surface area contributed by atoms with Crippen molar-refractivity contribution in [1.29, 1.82) is 0 Å². The summed E-state index contributed by atoms with van der Waals surface area (Å²) in [4.78, 5) is 22.2. The molecule has 1 aliphatic rings. The molecular weight excluding hydrogens is 198 g/mol. The standard InChI is InChI=1S/C10H17NO4/c1-15-6-9(12)11-8-5-3-2-4-7(8)10(13)14/h7-8H,2-6H2,1H3,(H,11,12)(H,13,14). The number of rotatable bonds is 4. The summed E-state index contributed by atoms with van der Waals surface area (Å²) in [7, 11) is 1.44. The lowest BCUT2D eigenvalue weighted by atomic mass is 9.84. The van der Waals surface area contributed by atoms with Gasteiger partial charge in [0.05, 0.1) is 5.92 Å². The molecule has 1 aliphatic carbocycles. The zero-order valence-electron chi connectivity index (χ0n) is 8.86. The van der Waals surface area contributed by atoms with Gasteiger partial charge in [-0.15, -0.1) is 0 Å². The number of aliphatic carboxylic acids is 1. The first-order valence-corrected chi connectivity index (χ1v) is 5.16. The van der Waals surface area contributed by atoms with Gasteiger partial charge in [0, 0.05) is 13.2 Å². The van der Waals surface area contributed by atoms with E-state index in [1.54, 1.807) is 0 Å². The van der Waals surface area contributed by atoms with Gasteiger partial charge in [0.15, 0.2) is 0 Å². The summed E-state index contributed by atoms with van der Waals surface area (Å²) in [6.07, 6.45) is 3.29. The van der Waals surface area contributed by atoms with Gasteiger partial charge in [-0.25, -0.2) is 0 Å². The molecule has 5 heteroatoms. The van der Waals surface area contributed by atoms with Gasteiger partial charge in [0.1, 0.15) is 6.61 Å². The maximum Gasteiger partial charge on any atom is 0.308 e. The molecule has 0 heterocycles. The average molecular weight is 215 g/mol. The Morgan fingerprint density at radius 1 is 1.40 bits per heavy atom. The summed E-state index contributed by atoms with van der Waals surface area (Å²) in [5.41, 5.74) is 0. The third kappa shape index (κ3) is 3.51. The molecule has 1 amide bonds. The van der Waals surface area contributed by atoms with Gasteiger partial charge in [0.25, 0.3) is 0 Å². The Hall–Kier alpha value is -1.10. The molecule has 1 fully saturated rings. The van der Waals surface area contributed by atoms with E-state index in [1.807, 2.05) is 0 Å². The van der Waals surface area contributed by atoms with Crippen molar-refractivity contribution < 1.29 is 19.4 Å². The summed E-state index contributed by atoms with van der Waals surface area (Å²) < 4.78 is 4.68. The van der Waals surface area contributed by atoms with Crippen molar-refractivity contribution in [3.05, 3.63) is 0 Å². The summed E-state index contributed by atoms with van der Waals surface area (Å²) >= 11 is 0. The number of amides is 1. The molecule has 1 saturated carbocycles. The van der Waals surface area contributed by atoms with Gasteiger partial charge in [-0.1, -0.05) is 12.8 Å². The van der Waals surface area contributed by atoms with E-state index in [1.165, 1.54) is 7.11 Å². The fourth-order valence-corrected chi connectivity index (χ4v) is 1.98. The first-order valence-electron chi connectivity index (χ1n) is 5.16. The SMILES string of the molecule is COCC(=O)NC1CCCCC1C(=O)O. The maximum absolute atomic E-state index is 11.3. The van der Waals surface area contributed by atoms with Crippen LogP contribution in [0.25, 0.3) is 0 Å². The highest BCUT2D eigenvalue weighted by Crippen LogP contribution is 2.24. The van der Waals surface area contributed by atoms with Crippen molar-refractivity contribution in [2.24, 2.45) is 5.92 Å². The number of carbonyl (C=O) groups is 2. The Kier molecular flexibility index (Phi) is 4.55. The van der Waals surface area contributed by atoms with Crippen LogP contribution in [0.15, 0.2) is 0 Å². The number of nitrogens with one attached hydrogen (secondary N) is 1. The number of ether oxygens (including phenoxy) is 1. The van der Waals surface area contributed by atoms with E-state index in [9.17, 15) is 9.59 Å². The van der Waals surface area contributed by atoms with Gasteiger partial charge in [-0.05, 0) is 12.8 Å². The molecule has 2 unspecified atom stereocenters. The Morgan fingerprint density at radius 3 is 2.67 bits per heavy atom. The van der Waals surface area contributed by atoms with Crippen LogP contribution in [-0.4, -0.2) is 36.7 Å². The monoisotopic (exact) mass is 215 g/mol. The number of hydrogen-bond donors (Lipinski definition) is 2. The first-order chi connectivity index (χ1) is 7.15. The van der Waals surface area contributed by atoms with E-state index >= 15 is 0 Å². The lowest BCUT2D eigenvalue weighted by Gasteiger charge is -2.29. The highest BCUT2D eigenvalue weighted by Gasteiger charge is 2.31. The quantitative estimate of drug-likeness (QED) is 0.711. The molecule has 0 spiro atoms. The lowest BCUT2D eigenvalue weighted by molar-refractivity contribution is -0.144. The van der Waals surface area contributed by atoms with E-state index in [0.717, 1.165) is 19.3 Å². The maximum atomic E-state index is 11.3. The van der Waals surface area contributed by atoms with Crippen LogP contribution in [-0.2, 0) is 14.3 Å². The van der Waals surface area contributed by atoms with E-state index in [4.69, 9.17) is 5.11 Å². The number of carboxylic acid groups (broad SMARTS) is 1. The lowest BCUT2D eigenvalue weighted by Crippen LogP contribution is -2.46. The molecule has 0 aromatic carbocycles. The van der Waals surface area contributed by atoms with Gasteiger partial charge in [-0.3, -0.25) is 9.59 Å². The molecule has 15 heavy (non-hydrogen) atoms. The molecule has 2 atom stereocenters. The van der Waals surface area contributed by atoms with Crippen molar-refractivity contribution in [3.63, 3.8) is 0 Å². The number of carbonyl (C=O) groups excluding carboxylic acids is 1. The molecule has 86 valence electrons. The normalized spacial score (nSPS) is 25.9. The predicted molar refractivity (Wildman–Crippen MR) is 53.4 cm³/mol. The predicted octanol–water partition coefficient (Wildman–Crippen LogP) is 0.392. The Labute approximate surface area is 88.8 Å². The van der Waals surface area contributed by atoms with Crippen LogP contribution < -0.4 is 5.32 Å². The topological polar surface area (TPSA) is 75.6 Å². The van der Waals surface area contributed by atoms with Gasteiger partial charge < -0.3 is 15.2 Å².